The minimum absolute atomic E-state index is 0.0523. The molecule has 0 aromatic heterocycles. The molecule has 10 rings (SSSR count). The normalized spacial score (nSPS) is 55.0. The van der Waals surface area contributed by atoms with Crippen LogP contribution >= 0.6 is 0 Å². The van der Waals surface area contributed by atoms with Gasteiger partial charge in [0.1, 0.15) is 103 Å². The van der Waals surface area contributed by atoms with Gasteiger partial charge in [-0.25, -0.2) is 0 Å². The molecule has 13 N–H and O–H groups in total. The van der Waals surface area contributed by atoms with E-state index >= 15 is 0 Å². The number of ether oxygens (including phenoxy) is 10. The highest BCUT2D eigenvalue weighted by Crippen LogP contribution is 2.70. The van der Waals surface area contributed by atoms with E-state index in [-0.39, 0.29) is 46.9 Å². The summed E-state index contributed by atoms with van der Waals surface area (Å²) in [5, 5.41) is 140. The maximum atomic E-state index is 14.7. The highest BCUT2D eigenvalue weighted by atomic mass is 16.8. The second-order valence-electron chi connectivity index (χ2n) is 23.3. The van der Waals surface area contributed by atoms with Gasteiger partial charge in [0.25, 0.3) is 0 Å². The predicted molar refractivity (Wildman–Crippen MR) is 249 cm³/mol. The van der Waals surface area contributed by atoms with Crippen LogP contribution in [0.15, 0.2) is 23.8 Å². The summed E-state index contributed by atoms with van der Waals surface area (Å²) < 4.78 is 61.0. The summed E-state index contributed by atoms with van der Waals surface area (Å²) >= 11 is 0. The van der Waals surface area contributed by atoms with Gasteiger partial charge in [0.15, 0.2) is 30.9 Å². The van der Waals surface area contributed by atoms with E-state index in [0.29, 0.717) is 32.3 Å². The molecule has 0 radical (unpaired) electrons. The van der Waals surface area contributed by atoms with Crippen LogP contribution in [0.5, 0.6) is 0 Å². The predicted octanol–water partition coefficient (Wildman–Crippen LogP) is -3.89. The Morgan fingerprint density at radius 3 is 1.77 bits per heavy atom. The summed E-state index contributed by atoms with van der Waals surface area (Å²) in [5.74, 6) is 0.201. The van der Waals surface area contributed by atoms with Gasteiger partial charge >= 0.3 is 0 Å². The third kappa shape index (κ3) is 9.44. The van der Waals surface area contributed by atoms with Gasteiger partial charge < -0.3 is 114 Å². The van der Waals surface area contributed by atoms with Crippen LogP contribution < -0.4 is 0 Å². The zero-order valence-electron chi connectivity index (χ0n) is 42.4. The van der Waals surface area contributed by atoms with E-state index in [1.807, 2.05) is 0 Å². The summed E-state index contributed by atoms with van der Waals surface area (Å²) in [6, 6.07) is 0. The zero-order valence-corrected chi connectivity index (χ0v) is 42.4. The second-order valence-corrected chi connectivity index (χ2v) is 23.3. The van der Waals surface area contributed by atoms with Crippen LogP contribution in [0.3, 0.4) is 0 Å². The van der Waals surface area contributed by atoms with Crippen molar-refractivity contribution in [1.82, 2.24) is 0 Å². The number of aliphatic hydroxyl groups excluding tert-OH is 13. The van der Waals surface area contributed by atoms with E-state index in [0.717, 1.165) is 36.8 Å². The Kier molecular flexibility index (Phi) is 16.3. The van der Waals surface area contributed by atoms with Crippen LogP contribution in [0.2, 0.25) is 0 Å². The van der Waals surface area contributed by atoms with Gasteiger partial charge in [0.05, 0.1) is 45.2 Å². The molecule has 10 aliphatic rings. The lowest BCUT2D eigenvalue weighted by Crippen LogP contribution is -2.68. The SMILES string of the molecule is C=C1CC[C@@]2(OC1)O[C@@H]1C[C@@H]3[C@@H]4CC=C5C[C@H](O[C@H]6O[C@@H](CO)[C@@H](O[C@H]7O[C@H](CO)[C@H](O)[C@H](O[C@@H]8O[C@@H](CO)[C@@H](O)[C@@H](O)[C@@H]8O)[C@H]7O[C@@H]7O[C@H](CO)[C@H](O)[C@@H](O)[C@H]7O)[C@@H](O)[C@H]6O)CC[C@]5(C)[C@@H]4CC(=O)[C@]3(C)[C@H]1[C@@H]2C. The highest BCUT2D eigenvalue weighted by molar-refractivity contribution is 5.87. The molecule has 9 fully saturated rings. The number of ketones is 1. The molecule has 1 spiro atoms. The van der Waals surface area contributed by atoms with Crippen LogP contribution in [0.4, 0.5) is 0 Å². The fourth-order valence-corrected chi connectivity index (χ4v) is 15.1. The summed E-state index contributed by atoms with van der Waals surface area (Å²) in [7, 11) is 0. The van der Waals surface area contributed by atoms with Crippen molar-refractivity contribution >= 4 is 5.78 Å². The average molecular weight is 1080 g/mol. The summed E-state index contributed by atoms with van der Waals surface area (Å²) in [4.78, 5) is 14.7. The lowest BCUT2D eigenvalue weighted by molar-refractivity contribution is -0.406. The Hall–Kier alpha value is -1.77. The molecule has 0 aromatic carbocycles. The van der Waals surface area contributed by atoms with Crippen molar-refractivity contribution in [2.45, 2.75) is 213 Å². The van der Waals surface area contributed by atoms with Gasteiger partial charge in [-0.15, -0.1) is 0 Å². The summed E-state index contributed by atoms with van der Waals surface area (Å²) in [5.41, 5.74) is 1.34. The fraction of sp³-hybridized carbons (Fsp3) is 0.902. The molecule has 6 aliphatic heterocycles. The van der Waals surface area contributed by atoms with Crippen molar-refractivity contribution in [2.75, 3.05) is 33.0 Å². The minimum atomic E-state index is -2.06. The van der Waals surface area contributed by atoms with Crippen LogP contribution in [-0.4, -0.2) is 246 Å². The number of Topliss-reactive ketones (excluding diaryl/α,β-unsaturated/α-hetero) is 1. The first-order chi connectivity index (χ1) is 35.6. The van der Waals surface area contributed by atoms with Gasteiger partial charge in [-0.3, -0.25) is 4.79 Å². The molecular formula is C51H78O24. The van der Waals surface area contributed by atoms with Gasteiger partial charge in [-0.05, 0) is 61.7 Å². The molecule has 4 aliphatic carbocycles. The second kappa shape index (κ2) is 21.6. The van der Waals surface area contributed by atoms with Crippen LogP contribution in [0, 0.1) is 40.4 Å². The molecule has 75 heavy (non-hydrogen) atoms. The van der Waals surface area contributed by atoms with Crippen molar-refractivity contribution in [2.24, 2.45) is 40.4 Å². The number of fused-ring (bicyclic) bond motifs is 7. The Morgan fingerprint density at radius 2 is 1.17 bits per heavy atom. The number of rotatable bonds is 12. The molecular weight excluding hydrogens is 997 g/mol. The van der Waals surface area contributed by atoms with Crippen molar-refractivity contribution in [1.29, 1.82) is 0 Å². The highest BCUT2D eigenvalue weighted by Gasteiger charge is 2.71. The first-order valence-corrected chi connectivity index (χ1v) is 26.6. The number of carbonyl (C=O) groups is 1. The molecule has 24 nitrogen and oxygen atoms in total. The topological polar surface area (TPSA) is 372 Å². The third-order valence-corrected chi connectivity index (χ3v) is 19.5. The van der Waals surface area contributed by atoms with E-state index < -0.39 is 167 Å². The third-order valence-electron chi connectivity index (χ3n) is 19.5. The fourth-order valence-electron chi connectivity index (χ4n) is 15.1. The molecule has 0 aromatic rings. The number of aliphatic hydroxyl groups is 13. The summed E-state index contributed by atoms with van der Waals surface area (Å²) in [6.07, 6.45) is -29.5. The molecule has 6 heterocycles. The maximum absolute atomic E-state index is 14.7. The Morgan fingerprint density at radius 1 is 0.627 bits per heavy atom. The van der Waals surface area contributed by atoms with Crippen molar-refractivity contribution in [3.8, 4) is 0 Å². The van der Waals surface area contributed by atoms with Crippen LogP contribution in [-0.2, 0) is 52.2 Å². The van der Waals surface area contributed by atoms with E-state index in [2.05, 4.69) is 33.4 Å². The maximum Gasteiger partial charge on any atom is 0.187 e. The first-order valence-electron chi connectivity index (χ1n) is 26.6. The minimum Gasteiger partial charge on any atom is -0.394 e. The Balaban J connectivity index is 0.840. The quantitative estimate of drug-likeness (QED) is 0.0831. The molecule has 3 saturated carbocycles. The van der Waals surface area contributed by atoms with Gasteiger partial charge in [0.2, 0.25) is 0 Å². The molecule has 6 saturated heterocycles. The standard InChI is InChI=1S/C51H78O24/c1-19-7-10-51(66-18-19)20(2)32-26(75-51)12-25-23-6-5-21-11-22(8-9-49(21,3)24(23)13-31(56)50(25,32)4)67-45-41(65)38(62)42(30(17-55)71-45)72-48-44(74-47-40(64)37(61)34(58)28(15-53)69-47)43(35(59)29(16-54)70-48)73-46-39(63)36(60)33(57)27(14-52)68-46/h5,20,22-30,32-48,52-55,57-65H,1,6-18H2,2-4H3/t20-,22+,23+,24+,25+,26+,27-,28+,29+,30-,32-,33+,34-,35-,36+,37+,38-,39-,40+,41+,42+,43-,44+,45-,46-,47-,48+,49-,50+,51+/m0/s1. The van der Waals surface area contributed by atoms with Crippen LogP contribution in [0.25, 0.3) is 0 Å². The first kappa shape index (κ1) is 56.5. The monoisotopic (exact) mass is 1070 g/mol. The van der Waals surface area contributed by atoms with Crippen molar-refractivity contribution in [3.05, 3.63) is 23.8 Å². The van der Waals surface area contributed by atoms with E-state index in [9.17, 15) is 71.2 Å². The smallest absolute Gasteiger partial charge is 0.187 e. The van der Waals surface area contributed by atoms with Gasteiger partial charge in [0, 0.05) is 30.1 Å². The molecule has 426 valence electrons. The van der Waals surface area contributed by atoms with Crippen LogP contribution in [0.1, 0.15) is 72.1 Å². The number of hydrogen-bond acceptors (Lipinski definition) is 24. The van der Waals surface area contributed by atoms with Crippen molar-refractivity contribution in [3.63, 3.8) is 0 Å². The lowest BCUT2D eigenvalue weighted by atomic mass is 9.46. The molecule has 0 amide bonds. The van der Waals surface area contributed by atoms with E-state index in [1.165, 1.54) is 0 Å². The Bertz CT molecular complexity index is 2070. The molecule has 0 bridgehead atoms. The average Bonchev–Trinajstić information content (AvgIpc) is 3.87. The number of carbonyl (C=O) groups excluding carboxylic acids is 1. The Labute approximate surface area is 433 Å². The number of hydrogen-bond donors (Lipinski definition) is 13. The largest absolute Gasteiger partial charge is 0.394 e. The van der Waals surface area contributed by atoms with Crippen molar-refractivity contribution < 1.29 is 119 Å². The van der Waals surface area contributed by atoms with E-state index in [4.69, 9.17) is 47.4 Å². The van der Waals surface area contributed by atoms with Gasteiger partial charge in [-0.2, -0.15) is 0 Å². The molecule has 24 heteroatoms. The lowest BCUT2D eigenvalue weighted by Gasteiger charge is -2.58. The van der Waals surface area contributed by atoms with Gasteiger partial charge in [-0.1, -0.05) is 44.6 Å². The molecule has 0 unspecified atom stereocenters. The number of allylic oxidation sites excluding steroid dienone is 1. The zero-order chi connectivity index (χ0) is 53.8. The van der Waals surface area contributed by atoms with E-state index in [1.54, 1.807) is 0 Å². The summed E-state index contributed by atoms with van der Waals surface area (Å²) in [6.45, 7) is 7.64. The molecule has 30 atom stereocenters.